The van der Waals surface area contributed by atoms with Crippen molar-refractivity contribution in [1.29, 1.82) is 0 Å². The van der Waals surface area contributed by atoms with Gasteiger partial charge in [-0.25, -0.2) is 9.18 Å². The van der Waals surface area contributed by atoms with Crippen LogP contribution in [0.15, 0.2) is 42.5 Å². The van der Waals surface area contributed by atoms with Gasteiger partial charge >= 0.3 is 5.97 Å². The van der Waals surface area contributed by atoms with E-state index in [4.69, 9.17) is 5.11 Å². The number of benzene rings is 2. The molecule has 2 aromatic carbocycles. The number of nitrogens with zero attached hydrogens (tertiary/aromatic N) is 1. The number of halogens is 1. The van der Waals surface area contributed by atoms with Gasteiger partial charge < -0.3 is 5.11 Å². The molecule has 0 radical (unpaired) electrons. The molecule has 0 fully saturated rings. The fourth-order valence-electron chi connectivity index (χ4n) is 2.17. The third-order valence-corrected chi connectivity index (χ3v) is 3.34. The predicted octanol–water partition coefficient (Wildman–Crippen LogP) is 3.46. The summed E-state index contributed by atoms with van der Waals surface area (Å²) in [5, 5.41) is 8.85. The average Bonchev–Trinajstić information content (AvgIpc) is 2.43. The first kappa shape index (κ1) is 15.2. The van der Waals surface area contributed by atoms with Crippen molar-refractivity contribution in [3.8, 4) is 0 Å². The molecule has 1 N–H and O–H groups in total. The van der Waals surface area contributed by atoms with Crippen LogP contribution in [-0.4, -0.2) is 23.0 Å². The van der Waals surface area contributed by atoms with Crippen LogP contribution < -0.4 is 0 Å². The second-order valence-corrected chi connectivity index (χ2v) is 5.26. The fourth-order valence-corrected chi connectivity index (χ4v) is 2.17. The van der Waals surface area contributed by atoms with Gasteiger partial charge in [-0.1, -0.05) is 24.3 Å². The van der Waals surface area contributed by atoms with Gasteiger partial charge in [0.15, 0.2) is 0 Å². The standard InChI is InChI=1S/C17H18FNO2/c1-12-3-4-14(9-16(12)18)11-19(2)10-13-5-7-15(8-6-13)17(20)21/h3-9H,10-11H2,1-2H3,(H,20,21). The van der Waals surface area contributed by atoms with Crippen molar-refractivity contribution in [2.45, 2.75) is 20.0 Å². The van der Waals surface area contributed by atoms with E-state index in [0.717, 1.165) is 11.1 Å². The van der Waals surface area contributed by atoms with Crippen LogP contribution in [0.1, 0.15) is 27.0 Å². The lowest BCUT2D eigenvalue weighted by Crippen LogP contribution is -2.17. The number of aromatic carboxylic acids is 1. The molecular weight excluding hydrogens is 269 g/mol. The Morgan fingerprint density at radius 1 is 1.10 bits per heavy atom. The maximum absolute atomic E-state index is 13.5. The zero-order valence-electron chi connectivity index (χ0n) is 12.1. The van der Waals surface area contributed by atoms with Gasteiger partial charge in [0, 0.05) is 13.1 Å². The number of rotatable bonds is 5. The molecule has 0 aliphatic heterocycles. The quantitative estimate of drug-likeness (QED) is 0.915. The number of aryl methyl sites for hydroxylation is 1. The number of carboxylic acid groups (broad SMARTS) is 1. The van der Waals surface area contributed by atoms with Crippen molar-refractivity contribution >= 4 is 5.97 Å². The molecule has 0 saturated carbocycles. The molecule has 0 bridgehead atoms. The molecule has 0 spiro atoms. The third-order valence-electron chi connectivity index (χ3n) is 3.34. The molecule has 2 aromatic rings. The van der Waals surface area contributed by atoms with Crippen molar-refractivity contribution < 1.29 is 14.3 Å². The zero-order chi connectivity index (χ0) is 15.4. The summed E-state index contributed by atoms with van der Waals surface area (Å²) in [6.45, 7) is 3.06. The van der Waals surface area contributed by atoms with Crippen LogP contribution in [0.5, 0.6) is 0 Å². The van der Waals surface area contributed by atoms with Gasteiger partial charge in [0.1, 0.15) is 5.82 Å². The molecule has 0 atom stereocenters. The van der Waals surface area contributed by atoms with Gasteiger partial charge in [-0.3, -0.25) is 4.90 Å². The second kappa shape index (κ2) is 6.50. The van der Waals surface area contributed by atoms with Crippen molar-refractivity contribution in [2.24, 2.45) is 0 Å². The largest absolute Gasteiger partial charge is 0.478 e. The Bertz CT molecular complexity index is 638. The van der Waals surface area contributed by atoms with E-state index in [2.05, 4.69) is 4.90 Å². The molecule has 0 saturated heterocycles. The Labute approximate surface area is 123 Å². The van der Waals surface area contributed by atoms with E-state index in [1.165, 1.54) is 0 Å². The van der Waals surface area contributed by atoms with Crippen LogP contribution in [0.25, 0.3) is 0 Å². The molecule has 3 nitrogen and oxygen atoms in total. The molecule has 0 heterocycles. The Kier molecular flexibility index (Phi) is 4.70. The molecule has 0 aliphatic rings. The maximum Gasteiger partial charge on any atom is 0.335 e. The summed E-state index contributed by atoms with van der Waals surface area (Å²) in [5.74, 6) is -1.11. The summed E-state index contributed by atoms with van der Waals surface area (Å²) in [4.78, 5) is 12.8. The van der Waals surface area contributed by atoms with Crippen molar-refractivity contribution in [1.82, 2.24) is 4.90 Å². The predicted molar refractivity (Wildman–Crippen MR) is 79.7 cm³/mol. The lowest BCUT2D eigenvalue weighted by Gasteiger charge is -2.17. The minimum absolute atomic E-state index is 0.188. The molecular formula is C17H18FNO2. The van der Waals surface area contributed by atoms with E-state index >= 15 is 0 Å². The van der Waals surface area contributed by atoms with Gasteiger partial charge in [-0.15, -0.1) is 0 Å². The molecule has 2 rings (SSSR count). The lowest BCUT2D eigenvalue weighted by atomic mass is 10.1. The summed E-state index contributed by atoms with van der Waals surface area (Å²) < 4.78 is 13.5. The van der Waals surface area contributed by atoms with Crippen LogP contribution >= 0.6 is 0 Å². The summed E-state index contributed by atoms with van der Waals surface area (Å²) >= 11 is 0. The SMILES string of the molecule is Cc1ccc(CN(C)Cc2ccc(C(=O)O)cc2)cc1F. The Morgan fingerprint density at radius 2 is 1.67 bits per heavy atom. The maximum atomic E-state index is 13.5. The fraction of sp³-hybridized carbons (Fsp3) is 0.235. The van der Waals surface area contributed by atoms with Crippen molar-refractivity contribution in [3.63, 3.8) is 0 Å². The summed E-state index contributed by atoms with van der Waals surface area (Å²) in [5.41, 5.74) is 2.87. The van der Waals surface area contributed by atoms with Crippen LogP contribution in [0.3, 0.4) is 0 Å². The van der Waals surface area contributed by atoms with Crippen molar-refractivity contribution in [3.05, 3.63) is 70.5 Å². The van der Waals surface area contributed by atoms with Crippen LogP contribution in [0.4, 0.5) is 4.39 Å². The summed E-state index contributed by atoms with van der Waals surface area (Å²) in [7, 11) is 1.95. The normalized spacial score (nSPS) is 10.9. The number of carbonyl (C=O) groups is 1. The monoisotopic (exact) mass is 287 g/mol. The molecule has 21 heavy (non-hydrogen) atoms. The highest BCUT2D eigenvalue weighted by atomic mass is 19.1. The first-order chi connectivity index (χ1) is 9.95. The van der Waals surface area contributed by atoms with E-state index in [1.807, 2.05) is 13.1 Å². The number of hydrogen-bond acceptors (Lipinski definition) is 2. The first-order valence-corrected chi connectivity index (χ1v) is 6.71. The summed E-state index contributed by atoms with van der Waals surface area (Å²) in [6, 6.07) is 12.0. The molecule has 4 heteroatoms. The smallest absolute Gasteiger partial charge is 0.335 e. The van der Waals surface area contributed by atoms with E-state index < -0.39 is 5.97 Å². The lowest BCUT2D eigenvalue weighted by molar-refractivity contribution is 0.0697. The minimum Gasteiger partial charge on any atom is -0.478 e. The van der Waals surface area contributed by atoms with Crippen LogP contribution in [0.2, 0.25) is 0 Å². The molecule has 0 aliphatic carbocycles. The molecule has 0 amide bonds. The molecule has 110 valence electrons. The Morgan fingerprint density at radius 3 is 2.24 bits per heavy atom. The van der Waals surface area contributed by atoms with Crippen molar-refractivity contribution in [2.75, 3.05) is 7.05 Å². The first-order valence-electron chi connectivity index (χ1n) is 6.71. The highest BCUT2D eigenvalue weighted by molar-refractivity contribution is 5.87. The number of hydrogen-bond donors (Lipinski definition) is 1. The van der Waals surface area contributed by atoms with Gasteiger partial charge in [0.25, 0.3) is 0 Å². The van der Waals surface area contributed by atoms with Gasteiger partial charge in [0.05, 0.1) is 5.56 Å². The topological polar surface area (TPSA) is 40.5 Å². The van der Waals surface area contributed by atoms with E-state index in [-0.39, 0.29) is 11.4 Å². The number of carboxylic acids is 1. The highest BCUT2D eigenvalue weighted by Crippen LogP contribution is 2.13. The van der Waals surface area contributed by atoms with Crippen LogP contribution in [0, 0.1) is 12.7 Å². The van der Waals surface area contributed by atoms with E-state index in [1.54, 1.807) is 43.3 Å². The van der Waals surface area contributed by atoms with Gasteiger partial charge in [-0.2, -0.15) is 0 Å². The van der Waals surface area contributed by atoms with Gasteiger partial charge in [0.2, 0.25) is 0 Å². The Balaban J connectivity index is 1.99. The van der Waals surface area contributed by atoms with Gasteiger partial charge in [-0.05, 0) is 48.9 Å². The van der Waals surface area contributed by atoms with Crippen LogP contribution in [-0.2, 0) is 13.1 Å². The van der Waals surface area contributed by atoms with E-state index in [0.29, 0.717) is 18.7 Å². The van der Waals surface area contributed by atoms with E-state index in [9.17, 15) is 9.18 Å². The minimum atomic E-state index is -0.926. The molecule has 0 aromatic heterocycles. The highest BCUT2D eigenvalue weighted by Gasteiger charge is 2.06. The second-order valence-electron chi connectivity index (χ2n) is 5.26. The summed E-state index contributed by atoms with van der Waals surface area (Å²) in [6.07, 6.45) is 0. The third kappa shape index (κ3) is 4.13. The zero-order valence-corrected chi connectivity index (χ0v) is 12.1. The molecule has 0 unspecified atom stereocenters. The Hall–Kier alpha value is -2.20. The average molecular weight is 287 g/mol.